The molecule has 140 valence electrons. The summed E-state index contributed by atoms with van der Waals surface area (Å²) in [4.78, 5) is 11.8. The van der Waals surface area contributed by atoms with Crippen molar-refractivity contribution in [1.29, 1.82) is 0 Å². The molecule has 1 amide bonds. The lowest BCUT2D eigenvalue weighted by Gasteiger charge is -2.27. The van der Waals surface area contributed by atoms with Crippen molar-refractivity contribution >= 4 is 6.09 Å². The Morgan fingerprint density at radius 3 is 2.08 bits per heavy atom. The maximum absolute atomic E-state index is 12.8. The summed E-state index contributed by atoms with van der Waals surface area (Å²) in [5, 5.41) is 2.31. The maximum Gasteiger partial charge on any atom is 0.427 e. The number of alkyl halides is 3. The fourth-order valence-electron chi connectivity index (χ4n) is 1.60. The van der Waals surface area contributed by atoms with E-state index < -0.39 is 17.9 Å². The SMILES string of the molecule is CC(C)(OC(=O)NC1=C/C=C\C=C/C/C=C\C=C/C=C/C=C\1)C(F)(F)F. The van der Waals surface area contributed by atoms with Crippen molar-refractivity contribution in [3.05, 3.63) is 84.7 Å². The molecule has 0 aliphatic heterocycles. The van der Waals surface area contributed by atoms with E-state index in [2.05, 4.69) is 10.1 Å². The lowest BCUT2D eigenvalue weighted by atomic mass is 10.1. The third-order valence-corrected chi connectivity index (χ3v) is 3.15. The van der Waals surface area contributed by atoms with Gasteiger partial charge in [-0.15, -0.1) is 0 Å². The molecule has 26 heavy (non-hydrogen) atoms. The van der Waals surface area contributed by atoms with Crippen LogP contribution in [0.25, 0.3) is 0 Å². The molecule has 0 aromatic carbocycles. The summed E-state index contributed by atoms with van der Waals surface area (Å²) in [6.45, 7) is 1.59. The molecule has 0 spiro atoms. The summed E-state index contributed by atoms with van der Waals surface area (Å²) in [7, 11) is 0. The van der Waals surface area contributed by atoms with E-state index in [9.17, 15) is 18.0 Å². The van der Waals surface area contributed by atoms with E-state index in [-0.39, 0.29) is 0 Å². The molecule has 0 aromatic rings. The highest BCUT2D eigenvalue weighted by Crippen LogP contribution is 2.32. The van der Waals surface area contributed by atoms with Crippen molar-refractivity contribution < 1.29 is 22.7 Å². The normalized spacial score (nSPS) is 25.3. The van der Waals surface area contributed by atoms with Gasteiger partial charge in [0.05, 0.1) is 0 Å². The molecular formula is C20H22F3NO2. The van der Waals surface area contributed by atoms with Gasteiger partial charge in [0, 0.05) is 5.70 Å². The van der Waals surface area contributed by atoms with Crippen LogP contribution in [-0.4, -0.2) is 17.9 Å². The number of hydrogen-bond acceptors (Lipinski definition) is 2. The van der Waals surface area contributed by atoms with Crippen LogP contribution in [0.1, 0.15) is 20.3 Å². The number of carbonyl (C=O) groups is 1. The Kier molecular flexibility index (Phi) is 8.42. The highest BCUT2D eigenvalue weighted by atomic mass is 19.4. The molecular weight excluding hydrogens is 343 g/mol. The minimum absolute atomic E-state index is 0.291. The van der Waals surface area contributed by atoms with Gasteiger partial charge >= 0.3 is 12.3 Å². The van der Waals surface area contributed by atoms with E-state index >= 15 is 0 Å². The fraction of sp³-hybridized carbons (Fsp3) is 0.250. The van der Waals surface area contributed by atoms with Gasteiger partial charge in [0.2, 0.25) is 5.60 Å². The Labute approximate surface area is 151 Å². The van der Waals surface area contributed by atoms with Crippen LogP contribution in [0.2, 0.25) is 0 Å². The Morgan fingerprint density at radius 2 is 1.46 bits per heavy atom. The summed E-state index contributed by atoms with van der Waals surface area (Å²) in [5.74, 6) is 0. The molecule has 0 saturated carbocycles. The lowest BCUT2D eigenvalue weighted by molar-refractivity contribution is -0.243. The number of rotatable bonds is 2. The second-order valence-electron chi connectivity index (χ2n) is 5.75. The number of halogens is 3. The number of carbonyl (C=O) groups excluding carboxylic acids is 1. The second kappa shape index (κ2) is 10.3. The van der Waals surface area contributed by atoms with E-state index in [4.69, 9.17) is 0 Å². The van der Waals surface area contributed by atoms with Crippen LogP contribution in [0.5, 0.6) is 0 Å². The largest absolute Gasteiger partial charge is 0.434 e. The lowest BCUT2D eigenvalue weighted by Crippen LogP contribution is -2.45. The highest BCUT2D eigenvalue weighted by molar-refractivity contribution is 5.71. The van der Waals surface area contributed by atoms with Crippen molar-refractivity contribution in [3.63, 3.8) is 0 Å². The number of hydrogen-bond donors (Lipinski definition) is 1. The molecule has 0 radical (unpaired) electrons. The zero-order valence-corrected chi connectivity index (χ0v) is 14.7. The van der Waals surface area contributed by atoms with Crippen LogP contribution in [0.15, 0.2) is 84.7 Å². The van der Waals surface area contributed by atoms with Gasteiger partial charge < -0.3 is 4.74 Å². The molecule has 0 unspecified atom stereocenters. The first-order valence-electron chi connectivity index (χ1n) is 7.99. The quantitative estimate of drug-likeness (QED) is 0.684. The summed E-state index contributed by atoms with van der Waals surface area (Å²) >= 11 is 0. The average molecular weight is 365 g/mol. The third kappa shape index (κ3) is 8.37. The van der Waals surface area contributed by atoms with Crippen LogP contribution < -0.4 is 5.32 Å². The minimum Gasteiger partial charge on any atom is -0.434 e. The summed E-state index contributed by atoms with van der Waals surface area (Å²) in [6.07, 6.45) is 18.0. The topological polar surface area (TPSA) is 38.3 Å². The van der Waals surface area contributed by atoms with Gasteiger partial charge in [-0.3, -0.25) is 5.32 Å². The molecule has 1 aliphatic carbocycles. The van der Waals surface area contributed by atoms with Crippen LogP contribution in [0.3, 0.4) is 0 Å². The average Bonchev–Trinajstić information content (AvgIpc) is 2.53. The molecule has 0 fully saturated rings. The maximum atomic E-state index is 12.8. The van der Waals surface area contributed by atoms with E-state index in [1.165, 1.54) is 0 Å². The molecule has 1 rings (SSSR count). The van der Waals surface area contributed by atoms with Crippen molar-refractivity contribution in [1.82, 2.24) is 5.32 Å². The number of nitrogens with one attached hydrogen (secondary N) is 1. The van der Waals surface area contributed by atoms with Crippen LogP contribution in [0, 0.1) is 0 Å². The summed E-state index contributed by atoms with van der Waals surface area (Å²) < 4.78 is 42.9. The van der Waals surface area contributed by atoms with Gasteiger partial charge in [-0.05, 0) is 32.4 Å². The van der Waals surface area contributed by atoms with Gasteiger partial charge in [0.15, 0.2) is 0 Å². The Morgan fingerprint density at radius 1 is 0.923 bits per heavy atom. The molecule has 0 atom stereocenters. The fourth-order valence-corrected chi connectivity index (χ4v) is 1.60. The molecule has 1 aliphatic rings. The van der Waals surface area contributed by atoms with Crippen molar-refractivity contribution in [3.8, 4) is 0 Å². The number of amides is 1. The van der Waals surface area contributed by atoms with Crippen LogP contribution in [-0.2, 0) is 4.74 Å². The highest BCUT2D eigenvalue weighted by Gasteiger charge is 2.50. The zero-order valence-electron chi connectivity index (χ0n) is 14.7. The number of alkyl carbamates (subject to hydrolysis) is 1. The number of allylic oxidation sites excluding steroid dienone is 13. The monoisotopic (exact) mass is 365 g/mol. The van der Waals surface area contributed by atoms with E-state index in [1.807, 2.05) is 36.5 Å². The van der Waals surface area contributed by atoms with Crippen molar-refractivity contribution in [2.75, 3.05) is 0 Å². The second-order valence-corrected chi connectivity index (χ2v) is 5.75. The first-order chi connectivity index (χ1) is 12.2. The van der Waals surface area contributed by atoms with Gasteiger partial charge in [-0.2, -0.15) is 13.2 Å². The van der Waals surface area contributed by atoms with Crippen LogP contribution >= 0.6 is 0 Å². The van der Waals surface area contributed by atoms with Gasteiger partial charge in [-0.1, -0.05) is 66.8 Å². The minimum atomic E-state index is -4.66. The summed E-state index contributed by atoms with van der Waals surface area (Å²) in [5.41, 5.74) is -2.29. The Hall–Kier alpha value is -2.76. The first kappa shape index (κ1) is 21.3. The van der Waals surface area contributed by atoms with E-state index in [1.54, 1.807) is 42.5 Å². The van der Waals surface area contributed by atoms with Crippen molar-refractivity contribution in [2.24, 2.45) is 0 Å². The molecule has 0 bridgehead atoms. The van der Waals surface area contributed by atoms with E-state index in [0.29, 0.717) is 5.70 Å². The van der Waals surface area contributed by atoms with Gasteiger partial charge in [0.1, 0.15) is 0 Å². The van der Waals surface area contributed by atoms with Gasteiger partial charge in [0.25, 0.3) is 0 Å². The standard InChI is InChI=1S/C20H22F3NO2/c1-19(2,20(21,22)23)26-18(25)24-17-15-13-11-9-7-5-3-4-6-8-10-12-14-16-17/h3-5,7-16H,6H2,1-2H3,(H,24,25)/b4-3-,7-5-,10-8-,11-9+,14-12-,15-13-,17-16+. The molecule has 3 nitrogen and oxygen atoms in total. The Bertz CT molecular complexity index is 676. The predicted octanol–water partition coefficient (Wildman–Crippen LogP) is 5.68. The Balaban J connectivity index is 2.88. The molecule has 0 heterocycles. The van der Waals surface area contributed by atoms with Crippen molar-refractivity contribution in [2.45, 2.75) is 32.0 Å². The van der Waals surface area contributed by atoms with Gasteiger partial charge in [-0.25, -0.2) is 4.79 Å². The molecule has 0 saturated heterocycles. The third-order valence-electron chi connectivity index (χ3n) is 3.15. The molecule has 0 aromatic heterocycles. The first-order valence-corrected chi connectivity index (χ1v) is 7.99. The number of ether oxygens (including phenoxy) is 1. The smallest absolute Gasteiger partial charge is 0.427 e. The van der Waals surface area contributed by atoms with Crippen LogP contribution in [0.4, 0.5) is 18.0 Å². The molecule has 6 heteroatoms. The summed E-state index contributed by atoms with van der Waals surface area (Å²) in [6, 6.07) is 0. The zero-order chi connectivity index (χ0) is 19.5. The van der Waals surface area contributed by atoms with E-state index in [0.717, 1.165) is 20.3 Å². The predicted molar refractivity (Wildman–Crippen MR) is 97.3 cm³/mol. The molecule has 1 N–H and O–H groups in total.